The molecule has 2 aliphatic heterocycles. The summed E-state index contributed by atoms with van der Waals surface area (Å²) in [5.74, 6) is 0.110. The SMILES string of the molecule is CCOC(=O)C1(C(Oc2ccc3c(c2)CNCC3)C(=N)N)CCN(c2cc(C)nc(C)c2)CC1. The van der Waals surface area contributed by atoms with E-state index in [0.717, 1.165) is 36.6 Å². The summed E-state index contributed by atoms with van der Waals surface area (Å²) < 4.78 is 11.8. The average Bonchev–Trinajstić information content (AvgIpc) is 2.82. The van der Waals surface area contributed by atoms with Gasteiger partial charge >= 0.3 is 5.97 Å². The number of nitrogens with two attached hydrogens (primary N) is 1. The molecule has 8 heteroatoms. The Labute approximate surface area is 201 Å². The Bertz CT molecular complexity index is 1040. The summed E-state index contributed by atoms with van der Waals surface area (Å²) in [6, 6.07) is 10.1. The van der Waals surface area contributed by atoms with Crippen LogP contribution in [0.1, 0.15) is 42.3 Å². The number of esters is 1. The number of hydrogen-bond acceptors (Lipinski definition) is 7. The van der Waals surface area contributed by atoms with Crippen molar-refractivity contribution in [2.24, 2.45) is 11.1 Å². The fourth-order valence-corrected chi connectivity index (χ4v) is 5.15. The number of carbonyl (C=O) groups excluding carboxylic acids is 1. The van der Waals surface area contributed by atoms with E-state index in [-0.39, 0.29) is 18.4 Å². The van der Waals surface area contributed by atoms with Crippen molar-refractivity contribution in [3.8, 4) is 5.75 Å². The summed E-state index contributed by atoms with van der Waals surface area (Å²) >= 11 is 0. The first-order chi connectivity index (χ1) is 16.3. The van der Waals surface area contributed by atoms with Gasteiger partial charge in [-0.2, -0.15) is 0 Å². The number of aromatic nitrogens is 1. The predicted octanol–water partition coefficient (Wildman–Crippen LogP) is 2.88. The van der Waals surface area contributed by atoms with Gasteiger partial charge in [-0.1, -0.05) is 6.07 Å². The largest absolute Gasteiger partial charge is 0.481 e. The van der Waals surface area contributed by atoms with Gasteiger partial charge in [0.1, 0.15) is 17.0 Å². The molecular formula is C26H35N5O3. The zero-order valence-corrected chi connectivity index (χ0v) is 20.3. The van der Waals surface area contributed by atoms with E-state index < -0.39 is 11.5 Å². The van der Waals surface area contributed by atoms with Crippen LogP contribution in [-0.2, 0) is 22.5 Å². The standard InChI is InChI=1S/C26H35N5O3/c1-4-33-25(32)26(8-11-31(12-9-26)21-13-17(2)30-18(3)14-21)23(24(27)28)34-22-6-5-19-7-10-29-16-20(19)15-22/h5-6,13-15,23,29H,4,7-12,16H2,1-3H3,(H3,27,28). The number of nitrogens with one attached hydrogen (secondary N) is 2. The Morgan fingerprint density at radius 2 is 1.91 bits per heavy atom. The molecule has 1 saturated heterocycles. The maximum atomic E-state index is 13.3. The van der Waals surface area contributed by atoms with Crippen LogP contribution in [0.25, 0.3) is 0 Å². The third-order valence-electron chi connectivity index (χ3n) is 6.87. The third kappa shape index (κ3) is 4.87. The minimum atomic E-state index is -1.02. The lowest BCUT2D eigenvalue weighted by molar-refractivity contribution is -0.161. The van der Waals surface area contributed by atoms with E-state index in [2.05, 4.69) is 33.4 Å². The molecule has 1 atom stereocenters. The number of nitrogens with zero attached hydrogens (tertiary/aromatic N) is 2. The number of benzene rings is 1. The molecule has 4 N–H and O–H groups in total. The number of aryl methyl sites for hydroxylation is 2. The molecular weight excluding hydrogens is 430 g/mol. The number of ether oxygens (including phenoxy) is 2. The highest BCUT2D eigenvalue weighted by Gasteiger charge is 2.52. The van der Waals surface area contributed by atoms with Gasteiger partial charge in [-0.15, -0.1) is 0 Å². The van der Waals surface area contributed by atoms with Gasteiger partial charge < -0.3 is 25.4 Å². The summed E-state index contributed by atoms with van der Waals surface area (Å²) in [7, 11) is 0. The van der Waals surface area contributed by atoms with Gasteiger partial charge in [0.25, 0.3) is 0 Å². The first-order valence-corrected chi connectivity index (χ1v) is 12.0. The van der Waals surface area contributed by atoms with Crippen LogP contribution >= 0.6 is 0 Å². The number of hydrogen-bond donors (Lipinski definition) is 3. The predicted molar refractivity (Wildman–Crippen MR) is 132 cm³/mol. The zero-order chi connectivity index (χ0) is 24.3. The number of piperidine rings is 1. The van der Waals surface area contributed by atoms with Crippen molar-refractivity contribution in [1.29, 1.82) is 5.41 Å². The molecule has 0 saturated carbocycles. The molecule has 1 aromatic carbocycles. The summed E-state index contributed by atoms with van der Waals surface area (Å²) in [6.07, 6.45) is 1.03. The van der Waals surface area contributed by atoms with Gasteiger partial charge in [-0.05, 0) is 82.0 Å². The van der Waals surface area contributed by atoms with E-state index in [1.165, 1.54) is 11.1 Å². The van der Waals surface area contributed by atoms with Crippen molar-refractivity contribution < 1.29 is 14.3 Å². The Kier molecular flexibility index (Phi) is 7.07. The first kappa shape index (κ1) is 24.0. The van der Waals surface area contributed by atoms with Crippen molar-refractivity contribution in [3.05, 3.63) is 52.8 Å². The smallest absolute Gasteiger partial charge is 0.316 e. The second kappa shape index (κ2) is 10.0. The van der Waals surface area contributed by atoms with Gasteiger partial charge in [0.2, 0.25) is 0 Å². The van der Waals surface area contributed by atoms with E-state index in [9.17, 15) is 4.79 Å². The second-order valence-electron chi connectivity index (χ2n) is 9.28. The number of pyridine rings is 1. The molecule has 34 heavy (non-hydrogen) atoms. The van der Waals surface area contributed by atoms with Crippen LogP contribution in [0, 0.1) is 24.7 Å². The van der Waals surface area contributed by atoms with Crippen molar-refractivity contribution in [1.82, 2.24) is 10.3 Å². The molecule has 1 fully saturated rings. The first-order valence-electron chi connectivity index (χ1n) is 12.0. The molecule has 8 nitrogen and oxygen atoms in total. The van der Waals surface area contributed by atoms with Gasteiger partial charge in [0.15, 0.2) is 6.10 Å². The van der Waals surface area contributed by atoms with E-state index in [1.807, 2.05) is 26.0 Å². The monoisotopic (exact) mass is 465 g/mol. The Morgan fingerprint density at radius 1 is 1.21 bits per heavy atom. The van der Waals surface area contributed by atoms with Crippen molar-refractivity contribution in [3.63, 3.8) is 0 Å². The number of amidine groups is 1. The molecule has 1 aromatic heterocycles. The van der Waals surface area contributed by atoms with Crippen LogP contribution in [0.15, 0.2) is 30.3 Å². The number of anilines is 1. The molecule has 1 unspecified atom stereocenters. The lowest BCUT2D eigenvalue weighted by atomic mass is 9.72. The van der Waals surface area contributed by atoms with E-state index in [1.54, 1.807) is 6.92 Å². The van der Waals surface area contributed by atoms with Crippen molar-refractivity contribution >= 4 is 17.5 Å². The highest BCUT2D eigenvalue weighted by atomic mass is 16.5. The minimum absolute atomic E-state index is 0.159. The molecule has 0 aliphatic carbocycles. The Balaban J connectivity index is 1.61. The fourth-order valence-electron chi connectivity index (χ4n) is 5.15. The van der Waals surface area contributed by atoms with Crippen molar-refractivity contribution in [2.45, 2.75) is 52.7 Å². The molecule has 0 radical (unpaired) electrons. The fraction of sp³-hybridized carbons (Fsp3) is 0.500. The lowest BCUT2D eigenvalue weighted by Gasteiger charge is -2.44. The van der Waals surface area contributed by atoms with Gasteiger partial charge in [0.05, 0.1) is 6.61 Å². The third-order valence-corrected chi connectivity index (χ3v) is 6.87. The van der Waals surface area contributed by atoms with Crippen molar-refractivity contribution in [2.75, 3.05) is 31.1 Å². The quantitative estimate of drug-likeness (QED) is 0.327. The number of fused-ring (bicyclic) bond motifs is 1. The van der Waals surface area contributed by atoms with Crippen LogP contribution < -0.4 is 20.7 Å². The van der Waals surface area contributed by atoms with Crippen LogP contribution in [0.3, 0.4) is 0 Å². The Morgan fingerprint density at radius 3 is 2.56 bits per heavy atom. The zero-order valence-electron chi connectivity index (χ0n) is 20.3. The van der Waals surface area contributed by atoms with Crippen LogP contribution in [0.5, 0.6) is 5.75 Å². The topological polar surface area (TPSA) is 114 Å². The molecule has 4 rings (SSSR count). The normalized spacial score (nSPS) is 18.0. The summed E-state index contributed by atoms with van der Waals surface area (Å²) in [6.45, 7) is 9.02. The van der Waals surface area contributed by atoms with Crippen LogP contribution in [0.4, 0.5) is 5.69 Å². The summed E-state index contributed by atoms with van der Waals surface area (Å²) in [5, 5.41) is 11.7. The van der Waals surface area contributed by atoms with Gasteiger partial charge in [-0.3, -0.25) is 15.2 Å². The summed E-state index contributed by atoms with van der Waals surface area (Å²) in [4.78, 5) is 20.1. The maximum absolute atomic E-state index is 13.3. The summed E-state index contributed by atoms with van der Waals surface area (Å²) in [5.41, 5.74) is 10.5. The minimum Gasteiger partial charge on any atom is -0.481 e. The Hall–Kier alpha value is -3.13. The maximum Gasteiger partial charge on any atom is 0.316 e. The highest BCUT2D eigenvalue weighted by molar-refractivity contribution is 5.91. The highest BCUT2D eigenvalue weighted by Crippen LogP contribution is 2.40. The van der Waals surface area contributed by atoms with E-state index in [0.29, 0.717) is 31.7 Å². The lowest BCUT2D eigenvalue weighted by Crippen LogP contribution is -2.57. The molecule has 182 valence electrons. The van der Waals surface area contributed by atoms with E-state index >= 15 is 0 Å². The van der Waals surface area contributed by atoms with Crippen LogP contribution in [0.2, 0.25) is 0 Å². The number of carbonyl (C=O) groups is 1. The molecule has 2 aliphatic rings. The molecule has 2 aromatic rings. The number of rotatable bonds is 7. The van der Waals surface area contributed by atoms with Crippen LogP contribution in [-0.4, -0.2) is 49.1 Å². The van der Waals surface area contributed by atoms with Gasteiger partial charge in [-0.25, -0.2) is 0 Å². The van der Waals surface area contributed by atoms with Gasteiger partial charge in [0, 0.05) is 36.7 Å². The average molecular weight is 466 g/mol. The molecule has 0 spiro atoms. The molecule has 0 bridgehead atoms. The molecule has 0 amide bonds. The second-order valence-corrected chi connectivity index (χ2v) is 9.28. The van der Waals surface area contributed by atoms with E-state index in [4.69, 9.17) is 20.6 Å². The molecule has 3 heterocycles.